The lowest BCUT2D eigenvalue weighted by molar-refractivity contribution is -0.138. The minimum absolute atomic E-state index is 0.00695. The zero-order valence-corrected chi connectivity index (χ0v) is 32.1. The van der Waals surface area contributed by atoms with Crippen LogP contribution in [0.15, 0.2) is 54.7 Å². The third-order valence-corrected chi connectivity index (χ3v) is 11.6. The number of thiazole rings is 1. The maximum absolute atomic E-state index is 13.6. The second kappa shape index (κ2) is 16.9. The Morgan fingerprint density at radius 2 is 1.93 bits per heavy atom. The lowest BCUT2D eigenvalue weighted by Crippen LogP contribution is -2.35. The van der Waals surface area contributed by atoms with Gasteiger partial charge in [-0.15, -0.1) is 11.3 Å². The van der Waals surface area contributed by atoms with E-state index in [4.69, 9.17) is 21.3 Å². The molecule has 0 radical (unpaired) electrons. The summed E-state index contributed by atoms with van der Waals surface area (Å²) >= 11 is 8.74. The number of hydrogen-bond donors (Lipinski definition) is 4. The summed E-state index contributed by atoms with van der Waals surface area (Å²) in [5, 5.41) is 20.3. The first-order chi connectivity index (χ1) is 26.5. The van der Waals surface area contributed by atoms with Crippen molar-refractivity contribution in [2.24, 2.45) is 5.92 Å². The molecule has 2 aliphatic heterocycles. The van der Waals surface area contributed by atoms with Gasteiger partial charge in [0.1, 0.15) is 10.5 Å². The molecular formula is C40H42ClF2N7O4S. The standard InChI is InChI=1S/C40H42ClF2N7O4S/c1-22-16-31(48-39(54-40(42)43)29(22)19-44-18-25-11-12-33(51)46-25)28-9-3-8-27(36(28)41)26-7-4-10-30(23(26)2)47-38-37-32(13-14-45-38)55-34(49-37)21-50-15-5-6-24(20-50)17-35(52)53/h3-4,7-10,13-14,16,24-25,40,44H,5-6,11-12,15,17-21H2,1-2H3,(H,45,47)(H,46,51)(H,52,53)/t24-,25-/m0/s1. The van der Waals surface area contributed by atoms with E-state index in [-0.39, 0.29) is 36.7 Å². The summed E-state index contributed by atoms with van der Waals surface area (Å²) in [6.45, 7) is 3.79. The summed E-state index contributed by atoms with van der Waals surface area (Å²) in [5.74, 6) is -0.158. The Morgan fingerprint density at radius 1 is 1.13 bits per heavy atom. The summed E-state index contributed by atoms with van der Waals surface area (Å²) in [4.78, 5) is 39.3. The summed E-state index contributed by atoms with van der Waals surface area (Å²) < 4.78 is 33.2. The van der Waals surface area contributed by atoms with Crippen molar-refractivity contribution in [2.45, 2.75) is 71.7 Å². The molecular weight excluding hydrogens is 748 g/mol. The predicted molar refractivity (Wildman–Crippen MR) is 210 cm³/mol. The maximum Gasteiger partial charge on any atom is 0.388 e. The van der Waals surface area contributed by atoms with Gasteiger partial charge < -0.3 is 25.8 Å². The minimum Gasteiger partial charge on any atom is -0.481 e. The van der Waals surface area contributed by atoms with Crippen LogP contribution in [0.3, 0.4) is 0 Å². The summed E-state index contributed by atoms with van der Waals surface area (Å²) in [7, 11) is 0. The number of halogens is 3. The van der Waals surface area contributed by atoms with Crippen LogP contribution in [0.4, 0.5) is 20.3 Å². The van der Waals surface area contributed by atoms with Crippen molar-refractivity contribution in [3.63, 3.8) is 0 Å². The number of pyridine rings is 2. The van der Waals surface area contributed by atoms with Crippen molar-refractivity contribution in [3.8, 4) is 28.3 Å². The third kappa shape index (κ3) is 9.04. The van der Waals surface area contributed by atoms with Gasteiger partial charge in [-0.2, -0.15) is 8.78 Å². The molecule has 55 heavy (non-hydrogen) atoms. The Labute approximate surface area is 326 Å². The van der Waals surface area contributed by atoms with E-state index < -0.39 is 12.6 Å². The number of carbonyl (C=O) groups is 2. The van der Waals surface area contributed by atoms with Crippen LogP contribution in [0.25, 0.3) is 32.6 Å². The molecule has 2 atom stereocenters. The predicted octanol–water partition coefficient (Wildman–Crippen LogP) is 8.09. The van der Waals surface area contributed by atoms with Crippen molar-refractivity contribution in [3.05, 3.63) is 81.4 Å². The van der Waals surface area contributed by atoms with E-state index in [1.54, 1.807) is 23.6 Å². The second-order valence-electron chi connectivity index (χ2n) is 14.1. The molecule has 3 aromatic heterocycles. The van der Waals surface area contributed by atoms with Crippen molar-refractivity contribution < 1.29 is 28.2 Å². The fourth-order valence-electron chi connectivity index (χ4n) is 7.49. The van der Waals surface area contributed by atoms with Crippen LogP contribution >= 0.6 is 22.9 Å². The van der Waals surface area contributed by atoms with Crippen molar-refractivity contribution >= 4 is 56.5 Å². The molecule has 7 rings (SSSR count). The van der Waals surface area contributed by atoms with E-state index in [1.165, 1.54) is 0 Å². The summed E-state index contributed by atoms with van der Waals surface area (Å²) in [6, 6.07) is 15.2. The summed E-state index contributed by atoms with van der Waals surface area (Å²) in [5.41, 5.74) is 6.27. The number of amides is 1. The number of nitrogens with one attached hydrogen (secondary N) is 3. The number of anilines is 2. The smallest absolute Gasteiger partial charge is 0.388 e. The third-order valence-electron chi connectivity index (χ3n) is 10.2. The molecule has 0 saturated carbocycles. The average Bonchev–Trinajstić information content (AvgIpc) is 3.75. The molecule has 0 aliphatic carbocycles. The molecule has 4 N–H and O–H groups in total. The van der Waals surface area contributed by atoms with E-state index in [0.717, 1.165) is 63.5 Å². The second-order valence-corrected chi connectivity index (χ2v) is 15.6. The number of fused-ring (bicyclic) bond motifs is 1. The van der Waals surface area contributed by atoms with Gasteiger partial charge in [-0.1, -0.05) is 41.9 Å². The number of aromatic nitrogens is 3. The maximum atomic E-state index is 13.6. The number of carboxylic acid groups (broad SMARTS) is 1. The molecule has 2 aromatic carbocycles. The highest BCUT2D eigenvalue weighted by atomic mass is 35.5. The number of nitrogens with zero attached hydrogens (tertiary/aromatic N) is 4. The Bertz CT molecular complexity index is 2220. The normalized spacial score (nSPS) is 17.5. The largest absolute Gasteiger partial charge is 0.481 e. The van der Waals surface area contributed by atoms with Gasteiger partial charge >= 0.3 is 12.6 Å². The first-order valence-corrected chi connectivity index (χ1v) is 19.5. The van der Waals surface area contributed by atoms with Gasteiger partial charge in [0.05, 0.1) is 22.0 Å². The number of aryl methyl sites for hydroxylation is 1. The van der Waals surface area contributed by atoms with Crippen LogP contribution in [0.1, 0.15) is 53.8 Å². The molecule has 0 bridgehead atoms. The molecule has 2 fully saturated rings. The number of carbonyl (C=O) groups excluding carboxylic acids is 1. The molecule has 2 saturated heterocycles. The minimum atomic E-state index is -3.07. The Hall–Kier alpha value is -4.76. The summed E-state index contributed by atoms with van der Waals surface area (Å²) in [6.07, 6.45) is 5.03. The number of ether oxygens (including phenoxy) is 1. The first kappa shape index (κ1) is 38.5. The zero-order chi connectivity index (χ0) is 38.6. The van der Waals surface area contributed by atoms with Gasteiger partial charge in [0.15, 0.2) is 5.82 Å². The quantitative estimate of drug-likeness (QED) is 0.0873. The lowest BCUT2D eigenvalue weighted by Gasteiger charge is -2.31. The van der Waals surface area contributed by atoms with Crippen LogP contribution in [0.5, 0.6) is 5.88 Å². The monoisotopic (exact) mass is 789 g/mol. The highest BCUT2D eigenvalue weighted by molar-refractivity contribution is 7.18. The number of aliphatic carboxylic acids is 1. The topological polar surface area (TPSA) is 142 Å². The Kier molecular flexibility index (Phi) is 11.9. The fourth-order valence-corrected chi connectivity index (χ4v) is 8.83. The lowest BCUT2D eigenvalue weighted by atomic mass is 9.95. The van der Waals surface area contributed by atoms with Gasteiger partial charge in [0, 0.05) is 67.1 Å². The van der Waals surface area contributed by atoms with Crippen LogP contribution < -0.4 is 20.7 Å². The van der Waals surface area contributed by atoms with E-state index >= 15 is 0 Å². The number of hydrogen-bond acceptors (Lipinski definition) is 10. The van der Waals surface area contributed by atoms with Crippen molar-refractivity contribution in [1.29, 1.82) is 0 Å². The van der Waals surface area contributed by atoms with Crippen molar-refractivity contribution in [1.82, 2.24) is 30.5 Å². The van der Waals surface area contributed by atoms with Gasteiger partial charge in [-0.25, -0.2) is 15.0 Å². The fraction of sp³-hybridized carbons (Fsp3) is 0.375. The molecule has 11 nitrogen and oxygen atoms in total. The average molecular weight is 790 g/mol. The van der Waals surface area contributed by atoms with E-state index in [1.807, 2.05) is 56.3 Å². The van der Waals surface area contributed by atoms with E-state index in [0.29, 0.717) is 59.2 Å². The SMILES string of the molecule is Cc1cc(-c2cccc(-c3cccc(Nc4nccc5sc(CN6CCC[C@@H](CC(=O)O)C6)nc45)c3C)c2Cl)nc(OC(F)F)c1CNC[C@@H]1CCC(=O)N1. The molecule has 5 aromatic rings. The zero-order valence-electron chi connectivity index (χ0n) is 30.5. The van der Waals surface area contributed by atoms with Crippen LogP contribution in [0.2, 0.25) is 5.02 Å². The van der Waals surface area contributed by atoms with Gasteiger partial charge in [-0.3, -0.25) is 14.5 Å². The highest BCUT2D eigenvalue weighted by Gasteiger charge is 2.25. The molecule has 5 heterocycles. The Morgan fingerprint density at radius 3 is 2.71 bits per heavy atom. The number of likely N-dealkylation sites (tertiary alicyclic amines) is 1. The molecule has 288 valence electrons. The molecule has 15 heteroatoms. The number of benzene rings is 2. The highest BCUT2D eigenvalue weighted by Crippen LogP contribution is 2.41. The van der Waals surface area contributed by atoms with Crippen molar-refractivity contribution in [2.75, 3.05) is 25.0 Å². The number of piperidine rings is 1. The molecule has 0 unspecified atom stereocenters. The van der Waals surface area contributed by atoms with Crippen LogP contribution in [-0.4, -0.2) is 69.1 Å². The number of alkyl halides is 2. The first-order valence-electron chi connectivity index (χ1n) is 18.3. The van der Waals surface area contributed by atoms with Crippen LogP contribution in [0, 0.1) is 19.8 Å². The van der Waals surface area contributed by atoms with Crippen LogP contribution in [-0.2, 0) is 22.7 Å². The van der Waals surface area contributed by atoms with E-state index in [2.05, 4.69) is 30.8 Å². The molecule has 0 spiro atoms. The number of carboxylic acids is 1. The number of rotatable bonds is 14. The van der Waals surface area contributed by atoms with Gasteiger partial charge in [0.2, 0.25) is 11.8 Å². The molecule has 1 amide bonds. The van der Waals surface area contributed by atoms with Gasteiger partial charge in [-0.05, 0) is 80.5 Å². The van der Waals surface area contributed by atoms with E-state index in [9.17, 15) is 23.5 Å². The van der Waals surface area contributed by atoms with Gasteiger partial charge in [0.25, 0.3) is 0 Å². The molecule has 2 aliphatic rings. The Balaban J connectivity index is 1.12.